The summed E-state index contributed by atoms with van der Waals surface area (Å²) in [6.45, 7) is 0.0935. The van der Waals surface area contributed by atoms with E-state index in [4.69, 9.17) is 4.98 Å². The van der Waals surface area contributed by atoms with Gasteiger partial charge in [-0.05, 0) is 29.2 Å². The van der Waals surface area contributed by atoms with Crippen LogP contribution in [0.4, 0.5) is 11.4 Å². The molecule has 0 saturated carbocycles. The first-order valence-electron chi connectivity index (χ1n) is 8.54. The first-order valence-corrected chi connectivity index (χ1v) is 8.54. The van der Waals surface area contributed by atoms with E-state index in [-0.39, 0.29) is 6.85 Å². The second kappa shape index (κ2) is 4.64. The van der Waals surface area contributed by atoms with E-state index >= 15 is 0 Å². The Morgan fingerprint density at radius 1 is 0.680 bits per heavy atom. The maximum atomic E-state index is 4.73. The summed E-state index contributed by atoms with van der Waals surface area (Å²) in [5, 5.41) is 0. The van der Waals surface area contributed by atoms with Gasteiger partial charge in [0, 0.05) is 23.6 Å². The molecule has 0 spiro atoms. The summed E-state index contributed by atoms with van der Waals surface area (Å²) in [7, 11) is 0. The number of nitrogens with zero attached hydrogens (tertiary/aromatic N) is 3. The third kappa shape index (κ3) is 1.59. The van der Waals surface area contributed by atoms with E-state index in [0.717, 1.165) is 5.72 Å². The molecular weight excluding hydrogens is 305 g/mol. The van der Waals surface area contributed by atoms with Crippen molar-refractivity contribution in [3.63, 3.8) is 0 Å². The molecule has 0 amide bonds. The van der Waals surface area contributed by atoms with Gasteiger partial charge in [-0.2, -0.15) is 0 Å². The van der Waals surface area contributed by atoms with Gasteiger partial charge in [-0.25, -0.2) is 4.98 Å². The Morgan fingerprint density at radius 3 is 2.24 bits per heavy atom. The Balaban J connectivity index is 1.77. The highest BCUT2D eigenvalue weighted by atomic mass is 15.2. The van der Waals surface area contributed by atoms with Crippen LogP contribution in [0.5, 0.6) is 0 Å². The van der Waals surface area contributed by atoms with Crippen LogP contribution in [0.15, 0.2) is 85.2 Å². The van der Waals surface area contributed by atoms with Crippen molar-refractivity contribution in [1.82, 2.24) is 9.55 Å². The largest absolute Gasteiger partial charge is 0.372 e. The molecule has 2 aliphatic rings. The lowest BCUT2D eigenvalue weighted by Crippen LogP contribution is -2.62. The van der Waals surface area contributed by atoms with Crippen LogP contribution in [0.2, 0.25) is 0 Å². The minimum Gasteiger partial charge on any atom is -0.372 e. The van der Waals surface area contributed by atoms with E-state index in [2.05, 4.69) is 88.4 Å². The Morgan fingerprint density at radius 2 is 1.36 bits per heavy atom. The second-order valence-corrected chi connectivity index (χ2v) is 6.52. The Labute approximate surface area is 146 Å². The number of para-hydroxylation sites is 3. The van der Waals surface area contributed by atoms with Gasteiger partial charge in [-0.1, -0.05) is 54.6 Å². The zero-order chi connectivity index (χ0) is 16.4. The molecule has 0 aliphatic carbocycles. The average molecular weight is 319 g/mol. The zero-order valence-electron chi connectivity index (χ0n) is 13.5. The van der Waals surface area contributed by atoms with E-state index in [0.29, 0.717) is 0 Å². The van der Waals surface area contributed by atoms with Gasteiger partial charge in [-0.3, -0.25) is 0 Å². The van der Waals surface area contributed by atoms with E-state index < -0.39 is 0 Å². The number of hydrogen-bond donors (Lipinski definition) is 0. The van der Waals surface area contributed by atoms with E-state index in [1.54, 1.807) is 0 Å². The number of fused-ring (bicyclic) bond motifs is 11. The fraction of sp³-hybridized carbons (Fsp3) is 0. The predicted octanol–water partition coefficient (Wildman–Crippen LogP) is 3.11. The molecule has 3 heterocycles. The smallest absolute Gasteiger partial charge is 0.371 e. The molecule has 3 nitrogen and oxygen atoms in total. The van der Waals surface area contributed by atoms with E-state index in [1.807, 2.05) is 6.20 Å². The second-order valence-electron chi connectivity index (χ2n) is 6.52. The van der Waals surface area contributed by atoms with Crippen molar-refractivity contribution in [1.29, 1.82) is 0 Å². The fourth-order valence-electron chi connectivity index (χ4n) is 4.29. The first kappa shape index (κ1) is 13.1. The topological polar surface area (TPSA) is 21.1 Å². The minimum absolute atomic E-state index is 0.0935. The fourth-order valence-corrected chi connectivity index (χ4v) is 4.29. The van der Waals surface area contributed by atoms with E-state index in [1.165, 1.54) is 33.7 Å². The highest BCUT2D eigenvalue weighted by molar-refractivity contribution is 6.90. The first-order chi connectivity index (χ1) is 12.4. The molecule has 0 bridgehead atoms. The highest BCUT2D eigenvalue weighted by Gasteiger charge is 2.43. The van der Waals surface area contributed by atoms with Gasteiger partial charge in [0.2, 0.25) is 0 Å². The van der Waals surface area contributed by atoms with Crippen LogP contribution in [-0.2, 0) is 0 Å². The van der Waals surface area contributed by atoms with Crippen LogP contribution in [0, 0.1) is 0 Å². The minimum atomic E-state index is 0.0935. The van der Waals surface area contributed by atoms with Gasteiger partial charge >= 0.3 is 6.85 Å². The van der Waals surface area contributed by atoms with Crippen molar-refractivity contribution < 1.29 is 0 Å². The Kier molecular flexibility index (Phi) is 2.42. The Bertz CT molecular complexity index is 1130. The number of rotatable bonds is 0. The molecule has 3 aromatic carbocycles. The lowest BCUT2D eigenvalue weighted by Gasteiger charge is -2.42. The van der Waals surface area contributed by atoms with Gasteiger partial charge in [0.25, 0.3) is 0 Å². The van der Waals surface area contributed by atoms with Gasteiger partial charge < -0.3 is 9.38 Å². The lowest BCUT2D eigenvalue weighted by molar-refractivity contribution is 1.07. The highest BCUT2D eigenvalue weighted by Crippen LogP contribution is 2.42. The molecular formula is C21H14BN3. The van der Waals surface area contributed by atoms with Gasteiger partial charge in [0.05, 0.1) is 11.4 Å². The van der Waals surface area contributed by atoms with Crippen LogP contribution in [0.25, 0.3) is 16.8 Å². The molecule has 4 aromatic rings. The van der Waals surface area contributed by atoms with Gasteiger partial charge in [0.1, 0.15) is 5.72 Å². The van der Waals surface area contributed by atoms with Crippen molar-refractivity contribution in [3.05, 3.63) is 85.2 Å². The zero-order valence-corrected chi connectivity index (χ0v) is 13.5. The molecule has 25 heavy (non-hydrogen) atoms. The summed E-state index contributed by atoms with van der Waals surface area (Å²) >= 11 is 0. The van der Waals surface area contributed by atoms with Gasteiger partial charge in [-0.15, -0.1) is 0 Å². The third-order valence-corrected chi connectivity index (χ3v) is 5.28. The van der Waals surface area contributed by atoms with Crippen LogP contribution >= 0.6 is 0 Å². The average Bonchev–Trinajstić information content (AvgIpc) is 3.17. The predicted molar refractivity (Wildman–Crippen MR) is 103 cm³/mol. The van der Waals surface area contributed by atoms with E-state index in [9.17, 15) is 0 Å². The van der Waals surface area contributed by atoms with Gasteiger partial charge in [0.15, 0.2) is 0 Å². The molecule has 0 fully saturated rings. The summed E-state index contributed by atoms with van der Waals surface area (Å²) in [5.41, 5.74) is 8.61. The SMILES string of the molecule is c1ccc2c(c1)B1c3nccn3-c3ccccc3N1c1ccccc1-2. The van der Waals surface area contributed by atoms with Crippen molar-refractivity contribution >= 4 is 29.4 Å². The molecule has 0 radical (unpaired) electrons. The summed E-state index contributed by atoms with van der Waals surface area (Å²) in [6, 6.07) is 25.9. The van der Waals surface area contributed by atoms with Crippen molar-refractivity contribution in [2.75, 3.05) is 4.81 Å². The standard InChI is InChI=1S/C21H14BN3/c1-3-9-17-15(7-1)16-8-2-4-10-18(16)25-20-12-6-5-11-19(20)24-14-13-23-21(24)22(17)25/h1-14H. The van der Waals surface area contributed by atoms with Crippen molar-refractivity contribution in [2.45, 2.75) is 0 Å². The maximum Gasteiger partial charge on any atom is 0.371 e. The van der Waals surface area contributed by atoms with Crippen LogP contribution < -0.4 is 16.0 Å². The number of hydrogen-bond acceptors (Lipinski definition) is 2. The molecule has 116 valence electrons. The molecule has 2 aliphatic heterocycles. The monoisotopic (exact) mass is 319 g/mol. The molecule has 1 aromatic heterocycles. The maximum absolute atomic E-state index is 4.73. The number of imidazole rings is 1. The van der Waals surface area contributed by atoms with Crippen LogP contribution in [0.1, 0.15) is 0 Å². The summed E-state index contributed by atoms with van der Waals surface area (Å²) in [6.07, 6.45) is 3.97. The third-order valence-electron chi connectivity index (χ3n) is 5.28. The number of anilines is 2. The molecule has 4 heteroatoms. The van der Waals surface area contributed by atoms with Crippen molar-refractivity contribution in [2.24, 2.45) is 0 Å². The Hall–Kier alpha value is -3.27. The molecule has 0 N–H and O–H groups in total. The quantitative estimate of drug-likeness (QED) is 0.464. The molecule has 6 rings (SSSR count). The summed E-state index contributed by atoms with van der Waals surface area (Å²) < 4.78 is 2.22. The van der Waals surface area contributed by atoms with Crippen LogP contribution in [0.3, 0.4) is 0 Å². The molecule has 0 saturated heterocycles. The van der Waals surface area contributed by atoms with Crippen molar-refractivity contribution in [3.8, 4) is 16.8 Å². The lowest BCUT2D eigenvalue weighted by atomic mass is 9.48. The number of aromatic nitrogens is 2. The summed E-state index contributed by atoms with van der Waals surface area (Å²) in [5.74, 6) is 0. The summed E-state index contributed by atoms with van der Waals surface area (Å²) in [4.78, 5) is 7.17. The molecule has 0 atom stereocenters. The normalized spacial score (nSPS) is 13.4. The van der Waals surface area contributed by atoms with Crippen LogP contribution in [-0.4, -0.2) is 16.4 Å². The molecule has 0 unspecified atom stereocenters. The number of benzene rings is 3.